The first-order valence-corrected chi connectivity index (χ1v) is 34.3. The van der Waals surface area contributed by atoms with Gasteiger partial charge in [-0.05, 0) is 68.8 Å². The Labute approximate surface area is 571 Å². The van der Waals surface area contributed by atoms with Crippen molar-refractivity contribution in [3.63, 3.8) is 0 Å². The highest BCUT2D eigenvalue weighted by Crippen LogP contribution is 2.35. The minimum Gasteiger partial charge on any atom is -0.508 e. The lowest BCUT2D eigenvalue weighted by molar-refractivity contribution is 0.451. The Hall–Kier alpha value is -10.4. The van der Waals surface area contributed by atoms with Gasteiger partial charge in [0.05, 0.1) is 11.1 Å². The zero-order valence-corrected chi connectivity index (χ0v) is 60.4. The number of aromatic nitrogens is 6. The van der Waals surface area contributed by atoms with E-state index in [0.29, 0.717) is 46.1 Å². The van der Waals surface area contributed by atoms with Crippen LogP contribution in [0.2, 0.25) is 0 Å². The Kier molecular flexibility index (Phi) is 42.9. The van der Waals surface area contributed by atoms with Gasteiger partial charge in [-0.15, -0.1) is 0 Å². The largest absolute Gasteiger partial charge is 0.508 e. The Morgan fingerprint density at radius 3 is 0.589 bits per heavy atom. The third-order valence-corrected chi connectivity index (χ3v) is 12.6. The smallest absolute Gasteiger partial charge is 0.167 e. The molecule has 95 heavy (non-hydrogen) atoms. The van der Waals surface area contributed by atoms with E-state index >= 15 is 0 Å². The standard InChI is InChI=1S/C33H23N3O2.C33H23N3O.10C2H6/c37-28-19-20-29(30(38)21-28)33-35-31(26-15-11-24(12-16-26)22-7-3-1-4-8-22)34-32(36-33)27-17-13-25(14-18-27)23-9-5-2-6-10-23;37-30-14-8-7-13-29(30)33-35-31(27-19-15-25(16-20-27)23-9-3-1-4-10-23)34-32(36-33)28-21-17-26(18-22-28)24-11-5-2-6-12-24;10*1-2/h1-21,37-38H;1-22,37H;10*1-2H3. The molecule has 12 aromatic rings. The van der Waals surface area contributed by atoms with E-state index < -0.39 is 0 Å². The van der Waals surface area contributed by atoms with Crippen LogP contribution in [0.4, 0.5) is 0 Å². The summed E-state index contributed by atoms with van der Waals surface area (Å²) in [6, 6.07) is 84.8. The molecule has 0 amide bonds. The summed E-state index contributed by atoms with van der Waals surface area (Å²) in [5.74, 6) is 2.82. The van der Waals surface area contributed by atoms with E-state index in [2.05, 4.69) is 72.8 Å². The minimum absolute atomic E-state index is 0.0336. The van der Waals surface area contributed by atoms with Gasteiger partial charge in [-0.3, -0.25) is 0 Å². The molecular formula is C86H106N6O3. The second kappa shape index (κ2) is 49.3. The number of hydrogen-bond acceptors (Lipinski definition) is 9. The molecule has 10 aromatic carbocycles. The Balaban J connectivity index is 0.000000753. The van der Waals surface area contributed by atoms with Crippen molar-refractivity contribution in [1.29, 1.82) is 0 Å². The van der Waals surface area contributed by atoms with Gasteiger partial charge in [-0.25, -0.2) is 29.9 Å². The number of aromatic hydroxyl groups is 3. The number of phenols is 3. The van der Waals surface area contributed by atoms with Crippen LogP contribution in [0.5, 0.6) is 17.2 Å². The van der Waals surface area contributed by atoms with Crippen LogP contribution in [-0.2, 0) is 0 Å². The highest BCUT2D eigenvalue weighted by Gasteiger charge is 2.17. The second-order valence-electron chi connectivity index (χ2n) is 17.6. The first-order valence-electron chi connectivity index (χ1n) is 34.3. The molecule has 0 radical (unpaired) electrons. The molecule has 0 spiro atoms. The van der Waals surface area contributed by atoms with Crippen LogP contribution in [0.15, 0.2) is 261 Å². The highest BCUT2D eigenvalue weighted by atomic mass is 16.3. The van der Waals surface area contributed by atoms with E-state index in [-0.39, 0.29) is 17.2 Å². The van der Waals surface area contributed by atoms with Crippen molar-refractivity contribution in [3.05, 3.63) is 261 Å². The van der Waals surface area contributed by atoms with Crippen LogP contribution in [0, 0.1) is 0 Å². The average molecular weight is 1270 g/mol. The minimum atomic E-state index is -0.105. The highest BCUT2D eigenvalue weighted by molar-refractivity contribution is 5.76. The lowest BCUT2D eigenvalue weighted by atomic mass is 10.0. The van der Waals surface area contributed by atoms with E-state index in [9.17, 15) is 15.3 Å². The third-order valence-electron chi connectivity index (χ3n) is 12.6. The van der Waals surface area contributed by atoms with Crippen molar-refractivity contribution in [2.24, 2.45) is 0 Å². The molecule has 9 heteroatoms. The zero-order chi connectivity index (χ0) is 70.9. The summed E-state index contributed by atoms with van der Waals surface area (Å²) >= 11 is 0. The predicted octanol–water partition coefficient (Wildman–Crippen LogP) is 25.8. The number of rotatable bonds is 10. The van der Waals surface area contributed by atoms with Gasteiger partial charge < -0.3 is 15.3 Å². The molecular weight excluding hydrogens is 1160 g/mol. The molecule has 3 N–H and O–H groups in total. The Bertz CT molecular complexity index is 3660. The maximum atomic E-state index is 10.5. The monoisotopic (exact) mass is 1270 g/mol. The first-order chi connectivity index (χ1) is 46.9. The topological polar surface area (TPSA) is 138 Å². The summed E-state index contributed by atoms with van der Waals surface area (Å²) in [4.78, 5) is 28.5. The molecule has 0 aliphatic heterocycles. The summed E-state index contributed by atoms with van der Waals surface area (Å²) in [6.07, 6.45) is 0. The zero-order valence-electron chi connectivity index (χ0n) is 60.4. The van der Waals surface area contributed by atoms with Gasteiger partial charge in [-0.1, -0.05) is 369 Å². The molecule has 2 heterocycles. The van der Waals surface area contributed by atoms with Crippen LogP contribution in [0.25, 0.3) is 113 Å². The van der Waals surface area contributed by atoms with Gasteiger partial charge in [0.2, 0.25) is 0 Å². The van der Waals surface area contributed by atoms with Gasteiger partial charge in [0.25, 0.3) is 0 Å². The van der Waals surface area contributed by atoms with Gasteiger partial charge in [0, 0.05) is 28.3 Å². The van der Waals surface area contributed by atoms with Gasteiger partial charge in [-0.2, -0.15) is 0 Å². The van der Waals surface area contributed by atoms with Crippen molar-refractivity contribution in [2.75, 3.05) is 0 Å². The molecule has 498 valence electrons. The van der Waals surface area contributed by atoms with E-state index in [1.54, 1.807) is 18.2 Å². The van der Waals surface area contributed by atoms with Crippen LogP contribution < -0.4 is 0 Å². The molecule has 2 aromatic heterocycles. The summed E-state index contributed by atoms with van der Waals surface area (Å²) in [6.45, 7) is 40.0. The maximum absolute atomic E-state index is 10.5. The SMILES string of the molecule is CC.CC.CC.CC.CC.CC.CC.CC.CC.CC.Oc1ccc(-c2nc(-c3ccc(-c4ccccc4)cc3)nc(-c3ccc(-c4ccccc4)cc3)n2)c(O)c1.Oc1ccccc1-c1nc(-c2ccc(-c3ccccc3)cc2)nc(-c2ccc(-c3ccccc3)cc2)n1. The van der Waals surface area contributed by atoms with Crippen LogP contribution >= 0.6 is 0 Å². The lowest BCUT2D eigenvalue weighted by Gasteiger charge is -2.10. The van der Waals surface area contributed by atoms with E-state index in [4.69, 9.17) is 29.9 Å². The molecule has 0 unspecified atom stereocenters. The quantitative estimate of drug-likeness (QED) is 0.122. The van der Waals surface area contributed by atoms with Crippen LogP contribution in [0.1, 0.15) is 138 Å². The van der Waals surface area contributed by atoms with Gasteiger partial charge in [0.15, 0.2) is 34.9 Å². The number of para-hydroxylation sites is 1. The molecule has 9 nitrogen and oxygen atoms in total. The first kappa shape index (κ1) is 82.6. The van der Waals surface area contributed by atoms with Gasteiger partial charge in [0.1, 0.15) is 17.2 Å². The summed E-state index contributed by atoms with van der Waals surface area (Å²) in [5, 5.41) is 30.8. The molecule has 0 aliphatic carbocycles. The fourth-order valence-electron chi connectivity index (χ4n) is 8.65. The summed E-state index contributed by atoms with van der Waals surface area (Å²) in [5.41, 5.74) is 13.4. The number of nitrogens with zero attached hydrogens (tertiary/aromatic N) is 6. The van der Waals surface area contributed by atoms with E-state index in [0.717, 1.165) is 66.8 Å². The lowest BCUT2D eigenvalue weighted by Crippen LogP contribution is -2.00. The second-order valence-corrected chi connectivity index (χ2v) is 17.6. The van der Waals surface area contributed by atoms with Crippen molar-refractivity contribution < 1.29 is 15.3 Å². The summed E-state index contributed by atoms with van der Waals surface area (Å²) < 4.78 is 0. The molecule has 0 bridgehead atoms. The van der Waals surface area contributed by atoms with Crippen LogP contribution in [-0.4, -0.2) is 45.2 Å². The average Bonchev–Trinajstić information content (AvgIpc) is 0.812. The predicted molar refractivity (Wildman–Crippen MR) is 412 cm³/mol. The molecule has 0 atom stereocenters. The third kappa shape index (κ3) is 24.9. The summed E-state index contributed by atoms with van der Waals surface area (Å²) in [7, 11) is 0. The van der Waals surface area contributed by atoms with Crippen molar-refractivity contribution in [3.8, 4) is 130 Å². The number of benzene rings is 10. The van der Waals surface area contributed by atoms with Crippen LogP contribution in [0.3, 0.4) is 0 Å². The molecule has 12 rings (SSSR count). The van der Waals surface area contributed by atoms with E-state index in [1.807, 2.05) is 296 Å². The molecule has 0 saturated carbocycles. The van der Waals surface area contributed by atoms with Crippen molar-refractivity contribution >= 4 is 0 Å². The fourth-order valence-corrected chi connectivity index (χ4v) is 8.65. The normalized spacial score (nSPS) is 9.18. The molecule has 0 aliphatic rings. The molecule has 0 saturated heterocycles. The van der Waals surface area contributed by atoms with Crippen molar-refractivity contribution in [1.82, 2.24) is 29.9 Å². The Morgan fingerprint density at radius 2 is 0.358 bits per heavy atom. The fraction of sp³-hybridized carbons (Fsp3) is 0.233. The van der Waals surface area contributed by atoms with Crippen molar-refractivity contribution in [2.45, 2.75) is 138 Å². The van der Waals surface area contributed by atoms with Gasteiger partial charge >= 0.3 is 0 Å². The number of phenolic OH excluding ortho intramolecular Hbond substituents is 3. The number of hydrogen-bond donors (Lipinski definition) is 3. The Morgan fingerprint density at radius 1 is 0.168 bits per heavy atom. The van der Waals surface area contributed by atoms with E-state index in [1.165, 1.54) is 12.1 Å². The molecule has 0 fully saturated rings. The maximum Gasteiger partial charge on any atom is 0.167 e.